The normalized spacial score (nSPS) is 14.2. The lowest BCUT2D eigenvalue weighted by atomic mass is 9.83. The van der Waals surface area contributed by atoms with Crippen LogP contribution >= 0.6 is 0 Å². The van der Waals surface area contributed by atoms with Crippen molar-refractivity contribution in [3.8, 4) is 23.3 Å². The van der Waals surface area contributed by atoms with E-state index in [0.717, 1.165) is 16.7 Å². The van der Waals surface area contributed by atoms with Gasteiger partial charge in [0.15, 0.2) is 0 Å². The van der Waals surface area contributed by atoms with Crippen molar-refractivity contribution in [2.45, 2.75) is 19.4 Å². The van der Waals surface area contributed by atoms with Crippen LogP contribution in [0.2, 0.25) is 0 Å². The Labute approximate surface area is 219 Å². The maximum atomic E-state index is 13.2. The Morgan fingerprint density at radius 2 is 1.76 bits per heavy atom. The van der Waals surface area contributed by atoms with Gasteiger partial charge in [-0.3, -0.25) is 0 Å². The SMILES string of the molecule is Cc1ccc(C(=O)Oc2ccc3c(c2)OC(N)=C(C#N)C3c2cccc(OCc3ccc(F)cc3)c2)cc1. The van der Waals surface area contributed by atoms with Gasteiger partial charge in [0.25, 0.3) is 0 Å². The molecule has 38 heavy (non-hydrogen) atoms. The van der Waals surface area contributed by atoms with Crippen LogP contribution in [0, 0.1) is 24.1 Å². The van der Waals surface area contributed by atoms with Crippen LogP contribution in [-0.2, 0) is 6.61 Å². The number of ether oxygens (including phenoxy) is 3. The van der Waals surface area contributed by atoms with Crippen LogP contribution in [-0.4, -0.2) is 5.97 Å². The largest absolute Gasteiger partial charge is 0.489 e. The monoisotopic (exact) mass is 506 g/mol. The second-order valence-electron chi connectivity index (χ2n) is 8.87. The molecule has 6 nitrogen and oxygen atoms in total. The molecule has 1 unspecified atom stereocenters. The molecule has 1 atom stereocenters. The van der Waals surface area contributed by atoms with Gasteiger partial charge in [-0.05, 0) is 60.5 Å². The molecule has 0 aromatic heterocycles. The van der Waals surface area contributed by atoms with E-state index in [4.69, 9.17) is 19.9 Å². The molecule has 4 aromatic rings. The fraction of sp³-hybridized carbons (Fsp3) is 0.0968. The summed E-state index contributed by atoms with van der Waals surface area (Å²) in [6.45, 7) is 2.19. The number of aryl methyl sites for hydroxylation is 1. The van der Waals surface area contributed by atoms with Crippen molar-refractivity contribution >= 4 is 5.97 Å². The molecule has 0 fully saturated rings. The van der Waals surface area contributed by atoms with Crippen LogP contribution in [0.1, 0.15) is 38.5 Å². The van der Waals surface area contributed by atoms with E-state index in [1.807, 2.05) is 37.3 Å². The zero-order valence-corrected chi connectivity index (χ0v) is 20.5. The maximum Gasteiger partial charge on any atom is 0.343 e. The summed E-state index contributed by atoms with van der Waals surface area (Å²) in [5, 5.41) is 9.88. The van der Waals surface area contributed by atoms with Crippen LogP contribution in [0.5, 0.6) is 17.2 Å². The first-order valence-electron chi connectivity index (χ1n) is 11.9. The summed E-state index contributed by atoms with van der Waals surface area (Å²) in [5.41, 5.74) is 10.2. The van der Waals surface area contributed by atoms with E-state index in [-0.39, 0.29) is 29.6 Å². The highest BCUT2D eigenvalue weighted by Crippen LogP contribution is 2.44. The highest BCUT2D eigenvalue weighted by atomic mass is 19.1. The van der Waals surface area contributed by atoms with Crippen LogP contribution in [0.15, 0.2) is 102 Å². The molecule has 0 spiro atoms. The van der Waals surface area contributed by atoms with Gasteiger partial charge in [0.05, 0.1) is 11.5 Å². The molecule has 1 aliphatic heterocycles. The minimum Gasteiger partial charge on any atom is -0.489 e. The molecule has 4 aromatic carbocycles. The molecule has 0 saturated carbocycles. The molecule has 7 heteroatoms. The van der Waals surface area contributed by atoms with E-state index in [2.05, 4.69) is 6.07 Å². The molecule has 5 rings (SSSR count). The van der Waals surface area contributed by atoms with Crippen molar-refractivity contribution in [2.75, 3.05) is 0 Å². The zero-order chi connectivity index (χ0) is 26.6. The van der Waals surface area contributed by atoms with Crippen LogP contribution in [0.25, 0.3) is 0 Å². The third kappa shape index (κ3) is 5.20. The van der Waals surface area contributed by atoms with E-state index in [0.29, 0.717) is 22.6 Å². The minimum atomic E-state index is -0.514. The standard InChI is InChI=1S/C31H23FN2O4/c1-19-5-9-21(10-6-19)31(35)37-25-13-14-26-28(16-25)38-30(34)27(17-33)29(26)22-3-2-4-24(15-22)36-18-20-7-11-23(32)12-8-20/h2-16,29H,18,34H2,1H3. The van der Waals surface area contributed by atoms with Gasteiger partial charge in [-0.25, -0.2) is 9.18 Å². The van der Waals surface area contributed by atoms with Gasteiger partial charge >= 0.3 is 5.97 Å². The van der Waals surface area contributed by atoms with Gasteiger partial charge in [-0.2, -0.15) is 5.26 Å². The number of halogens is 1. The molecule has 0 bridgehead atoms. The van der Waals surface area contributed by atoms with Crippen molar-refractivity contribution in [1.82, 2.24) is 0 Å². The van der Waals surface area contributed by atoms with E-state index >= 15 is 0 Å². The van der Waals surface area contributed by atoms with E-state index in [9.17, 15) is 14.4 Å². The highest BCUT2D eigenvalue weighted by molar-refractivity contribution is 5.91. The Kier molecular flexibility index (Phi) is 6.79. The van der Waals surface area contributed by atoms with Gasteiger partial charge in [0.2, 0.25) is 5.88 Å². The van der Waals surface area contributed by atoms with Crippen molar-refractivity contribution in [2.24, 2.45) is 5.73 Å². The number of esters is 1. The summed E-state index contributed by atoms with van der Waals surface area (Å²) in [5.74, 6) is -0.0834. The summed E-state index contributed by atoms with van der Waals surface area (Å²) in [6, 6.07) is 27.7. The lowest BCUT2D eigenvalue weighted by molar-refractivity contribution is 0.0734. The van der Waals surface area contributed by atoms with Crippen LogP contribution in [0.3, 0.4) is 0 Å². The Hall–Kier alpha value is -5.09. The quantitative estimate of drug-likeness (QED) is 0.249. The van der Waals surface area contributed by atoms with E-state index < -0.39 is 11.9 Å². The van der Waals surface area contributed by atoms with E-state index in [1.165, 1.54) is 12.1 Å². The second-order valence-corrected chi connectivity index (χ2v) is 8.87. The summed E-state index contributed by atoms with van der Waals surface area (Å²) in [4.78, 5) is 12.6. The molecule has 1 aliphatic rings. The first-order valence-corrected chi connectivity index (χ1v) is 11.9. The topological polar surface area (TPSA) is 94.6 Å². The average Bonchev–Trinajstić information content (AvgIpc) is 2.92. The number of nitrogens with two attached hydrogens (primary N) is 1. The Bertz CT molecular complexity index is 1570. The van der Waals surface area contributed by atoms with Crippen molar-refractivity contribution in [3.63, 3.8) is 0 Å². The number of carbonyl (C=O) groups is 1. The summed E-state index contributed by atoms with van der Waals surface area (Å²) < 4.78 is 30.4. The summed E-state index contributed by atoms with van der Waals surface area (Å²) in [6.07, 6.45) is 0. The third-order valence-corrected chi connectivity index (χ3v) is 6.20. The molecular weight excluding hydrogens is 483 g/mol. The van der Waals surface area contributed by atoms with Gasteiger partial charge in [0, 0.05) is 11.6 Å². The molecule has 0 aliphatic carbocycles. The number of hydrogen-bond acceptors (Lipinski definition) is 6. The third-order valence-electron chi connectivity index (χ3n) is 6.20. The molecule has 0 saturated heterocycles. The van der Waals surface area contributed by atoms with Crippen molar-refractivity contribution in [3.05, 3.63) is 136 Å². The first-order chi connectivity index (χ1) is 18.4. The minimum absolute atomic E-state index is 0.0235. The summed E-state index contributed by atoms with van der Waals surface area (Å²) >= 11 is 0. The lowest BCUT2D eigenvalue weighted by Gasteiger charge is -2.27. The van der Waals surface area contributed by atoms with Gasteiger partial charge < -0.3 is 19.9 Å². The number of allylic oxidation sites excluding steroid dienone is 1. The average molecular weight is 507 g/mol. The molecule has 2 N–H and O–H groups in total. The summed E-state index contributed by atoms with van der Waals surface area (Å²) in [7, 11) is 0. The van der Waals surface area contributed by atoms with Crippen LogP contribution in [0.4, 0.5) is 4.39 Å². The maximum absolute atomic E-state index is 13.2. The van der Waals surface area contributed by atoms with Crippen LogP contribution < -0.4 is 19.9 Å². The Balaban J connectivity index is 1.41. The fourth-order valence-corrected chi connectivity index (χ4v) is 4.23. The van der Waals surface area contributed by atoms with E-state index in [1.54, 1.807) is 48.5 Å². The molecule has 0 amide bonds. The smallest absolute Gasteiger partial charge is 0.343 e. The number of nitriles is 1. The number of fused-ring (bicyclic) bond motifs is 1. The van der Waals surface area contributed by atoms with Crippen molar-refractivity contribution in [1.29, 1.82) is 5.26 Å². The number of rotatable bonds is 6. The van der Waals surface area contributed by atoms with Gasteiger partial charge in [-0.15, -0.1) is 0 Å². The predicted octanol–water partition coefficient (Wildman–Crippen LogP) is 6.15. The molecule has 188 valence electrons. The van der Waals surface area contributed by atoms with Gasteiger partial charge in [-0.1, -0.05) is 48.0 Å². The second kappa shape index (κ2) is 10.5. The highest BCUT2D eigenvalue weighted by Gasteiger charge is 2.31. The Morgan fingerprint density at radius 1 is 1.00 bits per heavy atom. The lowest BCUT2D eigenvalue weighted by Crippen LogP contribution is -2.21. The molecule has 1 heterocycles. The number of hydrogen-bond donors (Lipinski definition) is 1. The van der Waals surface area contributed by atoms with Crippen molar-refractivity contribution < 1.29 is 23.4 Å². The molecular formula is C31H23FN2O4. The first kappa shape index (κ1) is 24.6. The Morgan fingerprint density at radius 3 is 2.50 bits per heavy atom. The zero-order valence-electron chi connectivity index (χ0n) is 20.5. The fourth-order valence-electron chi connectivity index (χ4n) is 4.23. The predicted molar refractivity (Wildman–Crippen MR) is 139 cm³/mol. The van der Waals surface area contributed by atoms with Gasteiger partial charge in [0.1, 0.15) is 41.3 Å². The number of carbonyl (C=O) groups excluding carboxylic acids is 1. The molecule has 0 radical (unpaired) electrons. The number of nitrogens with zero attached hydrogens (tertiary/aromatic N) is 1. The number of benzene rings is 4.